The third kappa shape index (κ3) is 4.81. The number of amides is 1. The maximum absolute atomic E-state index is 13.3. The molecule has 0 fully saturated rings. The van der Waals surface area contributed by atoms with Crippen molar-refractivity contribution in [2.45, 2.75) is 38.0 Å². The zero-order valence-corrected chi connectivity index (χ0v) is 21.5. The topological polar surface area (TPSA) is 72.3 Å². The van der Waals surface area contributed by atoms with Crippen molar-refractivity contribution >= 4 is 29.0 Å². The molecule has 4 aromatic rings. The summed E-state index contributed by atoms with van der Waals surface area (Å²) in [5.41, 5.74) is 5.26. The second kappa shape index (κ2) is 10.5. The van der Waals surface area contributed by atoms with Gasteiger partial charge in [0, 0.05) is 17.4 Å². The van der Waals surface area contributed by atoms with Crippen LogP contribution in [-0.4, -0.2) is 39.6 Å². The number of para-hydroxylation sites is 3. The molecule has 1 aromatic heterocycles. The molecule has 1 unspecified atom stereocenters. The summed E-state index contributed by atoms with van der Waals surface area (Å²) in [7, 11) is 1.65. The van der Waals surface area contributed by atoms with Crippen molar-refractivity contribution in [3.8, 4) is 11.4 Å². The molecule has 2 heterocycles. The van der Waals surface area contributed by atoms with Crippen LogP contribution in [-0.2, 0) is 17.8 Å². The molecule has 184 valence electrons. The number of hydrogen-bond acceptors (Lipinski definition) is 6. The lowest BCUT2D eigenvalue weighted by molar-refractivity contribution is -0.116. The number of aryl methyl sites for hydroxylation is 1. The highest BCUT2D eigenvalue weighted by Crippen LogP contribution is 2.34. The number of carbonyl (C=O) groups is 1. The molecule has 0 saturated carbocycles. The lowest BCUT2D eigenvalue weighted by atomic mass is 10.1. The first kappa shape index (κ1) is 23.9. The third-order valence-corrected chi connectivity index (χ3v) is 7.24. The fraction of sp³-hybridized carbons (Fsp3) is 0.250. The van der Waals surface area contributed by atoms with Gasteiger partial charge < -0.3 is 15.0 Å². The number of carbonyl (C=O) groups excluding carboxylic acids is 1. The molecule has 36 heavy (non-hydrogen) atoms. The van der Waals surface area contributed by atoms with Crippen LogP contribution in [0.5, 0.6) is 5.75 Å². The fourth-order valence-electron chi connectivity index (χ4n) is 4.56. The average molecular weight is 500 g/mol. The van der Waals surface area contributed by atoms with E-state index in [0.29, 0.717) is 17.5 Å². The number of benzene rings is 3. The van der Waals surface area contributed by atoms with Crippen LogP contribution in [0, 0.1) is 6.92 Å². The predicted octanol–water partition coefficient (Wildman–Crippen LogP) is 5.27. The van der Waals surface area contributed by atoms with Crippen molar-refractivity contribution in [3.63, 3.8) is 0 Å². The number of hydrogen-bond donors (Lipinski definition) is 1. The number of nitrogens with one attached hydrogen (secondary N) is 1. The van der Waals surface area contributed by atoms with Crippen LogP contribution in [0.15, 0.2) is 78.0 Å². The number of thioether (sulfide) groups is 1. The molecule has 3 aromatic carbocycles. The Bertz CT molecular complexity index is 1370. The smallest absolute Gasteiger partial charge is 0.237 e. The highest BCUT2D eigenvalue weighted by atomic mass is 32.2. The van der Waals surface area contributed by atoms with E-state index in [1.165, 1.54) is 22.9 Å². The quantitative estimate of drug-likeness (QED) is 0.333. The lowest BCUT2D eigenvalue weighted by Gasteiger charge is -2.22. The van der Waals surface area contributed by atoms with E-state index >= 15 is 0 Å². The van der Waals surface area contributed by atoms with E-state index in [-0.39, 0.29) is 17.7 Å². The van der Waals surface area contributed by atoms with E-state index in [1.807, 2.05) is 64.1 Å². The molecule has 1 amide bonds. The molecule has 1 aliphatic heterocycles. The molecule has 7 nitrogen and oxygen atoms in total. The summed E-state index contributed by atoms with van der Waals surface area (Å²) in [5, 5.41) is 13.0. The number of nitrogens with zero attached hydrogens (tertiary/aromatic N) is 4. The SMILES string of the molecule is COc1ccccc1-n1c(CNc2ccc(C)cc2)nnc1SCC(=O)N1c2ccccc2CC1C. The van der Waals surface area contributed by atoms with Crippen molar-refractivity contribution in [1.29, 1.82) is 0 Å². The predicted molar refractivity (Wildman–Crippen MR) is 144 cm³/mol. The molecule has 0 saturated heterocycles. The Labute approximate surface area is 215 Å². The number of rotatable bonds is 8. The Morgan fingerprint density at radius 2 is 1.75 bits per heavy atom. The number of methoxy groups -OCH3 is 1. The van der Waals surface area contributed by atoms with Crippen molar-refractivity contribution in [1.82, 2.24) is 14.8 Å². The molecular formula is C28H29N5O2S. The zero-order valence-electron chi connectivity index (χ0n) is 20.6. The fourth-order valence-corrected chi connectivity index (χ4v) is 5.38. The first-order valence-electron chi connectivity index (χ1n) is 12.0. The van der Waals surface area contributed by atoms with Gasteiger partial charge in [-0.15, -0.1) is 10.2 Å². The highest BCUT2D eigenvalue weighted by molar-refractivity contribution is 7.99. The number of fused-ring (bicyclic) bond motifs is 1. The van der Waals surface area contributed by atoms with Crippen LogP contribution in [0.25, 0.3) is 5.69 Å². The van der Waals surface area contributed by atoms with Crippen LogP contribution < -0.4 is 15.0 Å². The van der Waals surface area contributed by atoms with Crippen LogP contribution in [0.4, 0.5) is 11.4 Å². The second-order valence-corrected chi connectivity index (χ2v) is 9.80. The highest BCUT2D eigenvalue weighted by Gasteiger charge is 2.31. The summed E-state index contributed by atoms with van der Waals surface area (Å²) in [6.07, 6.45) is 0.874. The van der Waals surface area contributed by atoms with Gasteiger partial charge in [0.1, 0.15) is 5.75 Å². The maximum Gasteiger partial charge on any atom is 0.237 e. The Morgan fingerprint density at radius 3 is 2.53 bits per heavy atom. The largest absolute Gasteiger partial charge is 0.495 e. The Balaban J connectivity index is 1.40. The molecule has 8 heteroatoms. The standard InChI is InChI=1S/C28H29N5O2S/c1-19-12-14-22(15-13-19)29-17-26-30-31-28(33(26)24-10-6-7-11-25(24)35-3)36-18-27(34)32-20(2)16-21-8-4-5-9-23(21)32/h4-15,20,29H,16-18H2,1-3H3. The van der Waals surface area contributed by atoms with E-state index in [9.17, 15) is 4.79 Å². The molecule has 0 aliphatic carbocycles. The first-order chi connectivity index (χ1) is 17.5. The summed E-state index contributed by atoms with van der Waals surface area (Å²) >= 11 is 1.39. The van der Waals surface area contributed by atoms with E-state index < -0.39 is 0 Å². The van der Waals surface area contributed by atoms with Crippen molar-refractivity contribution in [3.05, 3.63) is 89.7 Å². The van der Waals surface area contributed by atoms with Gasteiger partial charge in [-0.25, -0.2) is 0 Å². The molecular weight excluding hydrogens is 470 g/mol. The first-order valence-corrected chi connectivity index (χ1v) is 12.9. The summed E-state index contributed by atoms with van der Waals surface area (Å²) in [6.45, 7) is 4.63. The van der Waals surface area contributed by atoms with Gasteiger partial charge in [0.15, 0.2) is 11.0 Å². The Hall–Kier alpha value is -3.78. The monoisotopic (exact) mass is 499 g/mol. The number of ether oxygens (including phenoxy) is 1. The Morgan fingerprint density at radius 1 is 1.03 bits per heavy atom. The lowest BCUT2D eigenvalue weighted by Crippen LogP contribution is -2.37. The van der Waals surface area contributed by atoms with Crippen LogP contribution in [0.2, 0.25) is 0 Å². The number of aromatic nitrogens is 3. The Kier molecular flexibility index (Phi) is 6.95. The van der Waals surface area contributed by atoms with Crippen LogP contribution in [0.3, 0.4) is 0 Å². The maximum atomic E-state index is 13.3. The molecule has 1 atom stereocenters. The van der Waals surface area contributed by atoms with Crippen LogP contribution >= 0.6 is 11.8 Å². The van der Waals surface area contributed by atoms with Gasteiger partial charge in [0.2, 0.25) is 5.91 Å². The normalized spacial score (nSPS) is 14.5. The van der Waals surface area contributed by atoms with E-state index in [1.54, 1.807) is 7.11 Å². The van der Waals surface area contributed by atoms with Gasteiger partial charge in [-0.1, -0.05) is 59.8 Å². The van der Waals surface area contributed by atoms with Crippen molar-refractivity contribution in [2.24, 2.45) is 0 Å². The molecule has 0 spiro atoms. The molecule has 0 radical (unpaired) electrons. The average Bonchev–Trinajstić information content (AvgIpc) is 3.46. The van der Waals surface area contributed by atoms with Gasteiger partial charge in [-0.05, 0) is 56.2 Å². The number of anilines is 2. The minimum atomic E-state index is 0.0614. The van der Waals surface area contributed by atoms with Crippen molar-refractivity contribution < 1.29 is 9.53 Å². The summed E-state index contributed by atoms with van der Waals surface area (Å²) in [5.74, 6) is 1.77. The minimum Gasteiger partial charge on any atom is -0.495 e. The van der Waals surface area contributed by atoms with Gasteiger partial charge in [0.25, 0.3) is 0 Å². The van der Waals surface area contributed by atoms with Gasteiger partial charge in [0.05, 0.1) is 25.1 Å². The minimum absolute atomic E-state index is 0.0614. The third-order valence-electron chi connectivity index (χ3n) is 6.33. The molecule has 0 bridgehead atoms. The molecule has 5 rings (SSSR count). The van der Waals surface area contributed by atoms with Gasteiger partial charge in [-0.3, -0.25) is 9.36 Å². The zero-order chi connectivity index (χ0) is 25.1. The van der Waals surface area contributed by atoms with E-state index in [2.05, 4.69) is 47.6 Å². The second-order valence-electron chi connectivity index (χ2n) is 8.86. The van der Waals surface area contributed by atoms with Gasteiger partial charge in [-0.2, -0.15) is 0 Å². The molecule has 1 N–H and O–H groups in total. The van der Waals surface area contributed by atoms with Crippen molar-refractivity contribution in [2.75, 3.05) is 23.1 Å². The van der Waals surface area contributed by atoms with E-state index in [4.69, 9.17) is 4.74 Å². The van der Waals surface area contributed by atoms with Gasteiger partial charge >= 0.3 is 0 Å². The molecule has 1 aliphatic rings. The van der Waals surface area contributed by atoms with Crippen LogP contribution in [0.1, 0.15) is 23.9 Å². The summed E-state index contributed by atoms with van der Waals surface area (Å²) in [4.78, 5) is 15.2. The summed E-state index contributed by atoms with van der Waals surface area (Å²) in [6, 6.07) is 24.3. The summed E-state index contributed by atoms with van der Waals surface area (Å²) < 4.78 is 7.61. The van der Waals surface area contributed by atoms with E-state index in [0.717, 1.165) is 29.3 Å².